The maximum atomic E-state index is 2.59. The summed E-state index contributed by atoms with van der Waals surface area (Å²) in [4.78, 5) is 5.00. The van der Waals surface area contributed by atoms with Gasteiger partial charge in [0.25, 0.3) is 0 Å². The van der Waals surface area contributed by atoms with Crippen molar-refractivity contribution in [2.24, 2.45) is 11.8 Å². The third kappa shape index (κ3) is 5.62. The highest BCUT2D eigenvalue weighted by atomic mass is 15.2. The Morgan fingerprint density at radius 1 is 0.400 bits per heavy atom. The Morgan fingerprint density at radius 3 is 1.60 bits per heavy atom. The van der Waals surface area contributed by atoms with E-state index in [1.165, 1.54) is 72.7 Å². The molecule has 2 atom stereocenters. The number of hydrogen-bond acceptors (Lipinski definition) is 2. The van der Waals surface area contributed by atoms with E-state index in [0.29, 0.717) is 0 Å². The second-order valence-electron chi connectivity index (χ2n) is 17.7. The van der Waals surface area contributed by atoms with E-state index in [1.807, 2.05) is 0 Å². The van der Waals surface area contributed by atoms with Gasteiger partial charge in [0.05, 0.1) is 0 Å². The Kier molecular flexibility index (Phi) is 8.36. The summed E-state index contributed by atoms with van der Waals surface area (Å²) in [5.41, 5.74) is 20.1. The van der Waals surface area contributed by atoms with Gasteiger partial charge in [-0.15, -0.1) is 0 Å². The lowest BCUT2D eigenvalue weighted by molar-refractivity contribution is 0.583. The van der Waals surface area contributed by atoms with E-state index < -0.39 is 0 Å². The summed E-state index contributed by atoms with van der Waals surface area (Å²) in [6.45, 7) is 9.62. The van der Waals surface area contributed by atoms with Crippen LogP contribution < -0.4 is 9.80 Å². The lowest BCUT2D eigenvalue weighted by atomic mass is 9.72. The minimum absolute atomic E-state index is 0.111. The lowest BCUT2D eigenvalue weighted by Crippen LogP contribution is -2.31. The predicted molar refractivity (Wildman–Crippen MR) is 252 cm³/mol. The fourth-order valence-electron chi connectivity index (χ4n) is 10.5. The number of nitrogens with zero attached hydrogens (tertiary/aromatic N) is 2. The Bertz CT molecular complexity index is 2910. The van der Waals surface area contributed by atoms with Gasteiger partial charge in [-0.1, -0.05) is 173 Å². The van der Waals surface area contributed by atoms with Crippen molar-refractivity contribution in [2.75, 3.05) is 9.80 Å². The maximum Gasteiger partial charge on any atom is 0.0465 e. The number of rotatable bonds is 7. The largest absolute Gasteiger partial charge is 0.313 e. The molecule has 4 aliphatic carbocycles. The van der Waals surface area contributed by atoms with Crippen LogP contribution in [0.15, 0.2) is 218 Å². The molecule has 0 spiro atoms. The number of para-hydroxylation sites is 2. The monoisotopic (exact) mass is 772 g/mol. The Morgan fingerprint density at radius 2 is 0.900 bits per heavy atom. The molecule has 0 N–H and O–H groups in total. The van der Waals surface area contributed by atoms with Crippen molar-refractivity contribution in [3.05, 3.63) is 240 Å². The number of fused-ring (bicyclic) bond motifs is 7. The van der Waals surface area contributed by atoms with Crippen LogP contribution >= 0.6 is 0 Å². The number of allylic oxidation sites excluding steroid dienone is 7. The molecule has 290 valence electrons. The van der Waals surface area contributed by atoms with Gasteiger partial charge < -0.3 is 9.80 Å². The molecule has 0 aromatic heterocycles. The lowest BCUT2D eigenvalue weighted by Gasteiger charge is -2.40. The molecule has 2 unspecified atom stereocenters. The van der Waals surface area contributed by atoms with E-state index in [4.69, 9.17) is 0 Å². The topological polar surface area (TPSA) is 6.48 Å². The van der Waals surface area contributed by atoms with E-state index >= 15 is 0 Å². The minimum Gasteiger partial charge on any atom is -0.313 e. The average molecular weight is 773 g/mol. The van der Waals surface area contributed by atoms with E-state index in [1.54, 1.807) is 0 Å². The van der Waals surface area contributed by atoms with Gasteiger partial charge in [-0.05, 0) is 111 Å². The van der Waals surface area contributed by atoms with Gasteiger partial charge in [0, 0.05) is 62.4 Å². The molecule has 0 bridgehead atoms. The van der Waals surface area contributed by atoms with Gasteiger partial charge in [-0.2, -0.15) is 0 Å². The van der Waals surface area contributed by atoms with Crippen molar-refractivity contribution in [3.63, 3.8) is 0 Å². The summed E-state index contributed by atoms with van der Waals surface area (Å²) in [6.07, 6.45) is 11.9. The highest BCUT2D eigenvalue weighted by Crippen LogP contribution is 2.59. The van der Waals surface area contributed by atoms with Gasteiger partial charge in [0.1, 0.15) is 0 Å². The predicted octanol–water partition coefficient (Wildman–Crippen LogP) is 15.3. The normalized spacial score (nSPS) is 18.5. The van der Waals surface area contributed by atoms with Gasteiger partial charge >= 0.3 is 0 Å². The second kappa shape index (κ2) is 13.9. The first-order valence-electron chi connectivity index (χ1n) is 21.4. The van der Waals surface area contributed by atoms with Crippen LogP contribution in [-0.2, 0) is 10.8 Å². The van der Waals surface area contributed by atoms with Gasteiger partial charge in [0.2, 0.25) is 0 Å². The fourth-order valence-corrected chi connectivity index (χ4v) is 10.5. The van der Waals surface area contributed by atoms with Crippen LogP contribution in [0.4, 0.5) is 28.4 Å². The Hall–Kier alpha value is -6.90. The van der Waals surface area contributed by atoms with Crippen LogP contribution in [0.1, 0.15) is 49.9 Å². The summed E-state index contributed by atoms with van der Waals surface area (Å²) in [5.74, 6) is 0.403. The zero-order chi connectivity index (χ0) is 40.6. The maximum absolute atomic E-state index is 2.59. The zero-order valence-corrected chi connectivity index (χ0v) is 34.7. The molecular formula is C58H48N2. The first-order chi connectivity index (χ1) is 29.3. The number of hydrogen-bond donors (Lipinski definition) is 0. The van der Waals surface area contributed by atoms with E-state index in [2.05, 4.69) is 244 Å². The Balaban J connectivity index is 1.11. The van der Waals surface area contributed by atoms with Crippen molar-refractivity contribution in [1.82, 2.24) is 0 Å². The third-order valence-corrected chi connectivity index (χ3v) is 13.6. The van der Waals surface area contributed by atoms with E-state index in [-0.39, 0.29) is 22.7 Å². The molecule has 0 radical (unpaired) electrons. The van der Waals surface area contributed by atoms with Crippen LogP contribution in [0.2, 0.25) is 0 Å². The summed E-state index contributed by atoms with van der Waals surface area (Å²) >= 11 is 0. The molecule has 0 saturated heterocycles. The standard InChI is InChI=1S/C58H48N2/c1-57(2)51-27-17-16-26-48(51)49-34-32-46(38-52(49)57)60(43-23-12-7-13-24-43)56-47-25-15-14-20-41(47)36-54-55(56)50-35-33-45(37-53(50)58(54,3)4)59(42-21-10-6-11-22-42)44-30-28-40(29-31-44)39-18-8-5-9-19-39/h5-38,41,47H,1-4H3. The van der Waals surface area contributed by atoms with E-state index in [0.717, 1.165) is 17.1 Å². The van der Waals surface area contributed by atoms with Crippen LogP contribution in [0.5, 0.6) is 0 Å². The third-order valence-electron chi connectivity index (χ3n) is 13.6. The highest BCUT2D eigenvalue weighted by Gasteiger charge is 2.46. The van der Waals surface area contributed by atoms with E-state index in [9.17, 15) is 0 Å². The van der Waals surface area contributed by atoms with Gasteiger partial charge in [0.15, 0.2) is 0 Å². The molecule has 11 rings (SSSR count). The van der Waals surface area contributed by atoms with Crippen LogP contribution in [0, 0.1) is 11.8 Å². The smallest absolute Gasteiger partial charge is 0.0465 e. The Labute approximate surface area is 354 Å². The van der Waals surface area contributed by atoms with Crippen molar-refractivity contribution in [3.8, 4) is 22.3 Å². The summed E-state index contributed by atoms with van der Waals surface area (Å²) in [5, 5.41) is 0. The van der Waals surface area contributed by atoms with Crippen LogP contribution in [-0.4, -0.2) is 0 Å². The molecule has 2 heteroatoms. The second-order valence-corrected chi connectivity index (χ2v) is 17.7. The summed E-state index contributed by atoms with van der Waals surface area (Å²) in [6, 6.07) is 64.8. The molecule has 7 aromatic rings. The first kappa shape index (κ1) is 36.2. The fraction of sp³-hybridized carbons (Fsp3) is 0.138. The van der Waals surface area contributed by atoms with Crippen molar-refractivity contribution in [2.45, 2.75) is 38.5 Å². The highest BCUT2D eigenvalue weighted by molar-refractivity contribution is 5.97. The summed E-state index contributed by atoms with van der Waals surface area (Å²) in [7, 11) is 0. The minimum atomic E-state index is -0.241. The van der Waals surface area contributed by atoms with Gasteiger partial charge in [-0.3, -0.25) is 0 Å². The first-order valence-corrected chi connectivity index (χ1v) is 21.4. The zero-order valence-electron chi connectivity index (χ0n) is 34.7. The number of benzene rings is 7. The average Bonchev–Trinajstić information content (AvgIpc) is 3.66. The molecule has 60 heavy (non-hydrogen) atoms. The summed E-state index contributed by atoms with van der Waals surface area (Å²) < 4.78 is 0. The van der Waals surface area contributed by atoms with Crippen LogP contribution in [0.3, 0.4) is 0 Å². The molecule has 0 fully saturated rings. The molecule has 4 aliphatic rings. The molecule has 2 nitrogen and oxygen atoms in total. The van der Waals surface area contributed by atoms with Gasteiger partial charge in [-0.25, -0.2) is 0 Å². The SMILES string of the molecule is CC1(C)C2=CC3C=CC=CC3C(N(c3ccccc3)c3ccc4c(c3)C(C)(C)c3ccccc3-4)=C2c2ccc(N(c3ccccc3)c3ccc(-c4ccccc4)cc3)cc21. The van der Waals surface area contributed by atoms with Crippen molar-refractivity contribution < 1.29 is 0 Å². The molecule has 0 saturated carbocycles. The van der Waals surface area contributed by atoms with Crippen molar-refractivity contribution in [1.29, 1.82) is 0 Å². The molecule has 0 heterocycles. The molecule has 7 aromatic carbocycles. The molecule has 0 aliphatic heterocycles. The number of anilines is 5. The quantitative estimate of drug-likeness (QED) is 0.159. The molecular weight excluding hydrogens is 725 g/mol. The van der Waals surface area contributed by atoms with Crippen LogP contribution in [0.25, 0.3) is 27.8 Å². The molecule has 0 amide bonds. The van der Waals surface area contributed by atoms with Crippen molar-refractivity contribution >= 4 is 34.0 Å².